The summed E-state index contributed by atoms with van der Waals surface area (Å²) in [7, 11) is 1.39. The molecule has 2 N–H and O–H groups in total. The number of carbonyl (C=O) groups excluding carboxylic acids is 1. The molecule has 3 aliphatic rings. The van der Waals surface area contributed by atoms with E-state index in [9.17, 15) is 31.9 Å². The van der Waals surface area contributed by atoms with Crippen LogP contribution in [0.25, 0.3) is 22.2 Å². The van der Waals surface area contributed by atoms with Crippen molar-refractivity contribution in [2.75, 3.05) is 20.3 Å². The maximum absolute atomic E-state index is 14.8. The number of aliphatic hydroxyl groups is 1. The van der Waals surface area contributed by atoms with Crippen LogP contribution in [0, 0.1) is 0 Å². The van der Waals surface area contributed by atoms with Crippen molar-refractivity contribution in [3.05, 3.63) is 59.4 Å². The maximum atomic E-state index is 14.8. The van der Waals surface area contributed by atoms with Gasteiger partial charge in [-0.25, -0.2) is 4.98 Å². The number of alkyl halides is 5. The normalized spacial score (nSPS) is 19.0. The first-order chi connectivity index (χ1) is 21.6. The van der Waals surface area contributed by atoms with Gasteiger partial charge in [0.15, 0.2) is 11.5 Å². The van der Waals surface area contributed by atoms with Crippen LogP contribution in [0.5, 0.6) is 23.0 Å². The van der Waals surface area contributed by atoms with Gasteiger partial charge in [-0.05, 0) is 43.2 Å². The van der Waals surface area contributed by atoms with Gasteiger partial charge in [0, 0.05) is 28.1 Å². The first-order valence-corrected chi connectivity index (χ1v) is 14.3. The van der Waals surface area contributed by atoms with E-state index >= 15 is 0 Å². The van der Waals surface area contributed by atoms with Crippen molar-refractivity contribution in [1.82, 2.24) is 20.1 Å². The maximum Gasteiger partial charge on any atom is 0.586 e. The topological polar surface area (TPSA) is 117 Å². The average molecular weight is 647 g/mol. The number of nitrogens with one attached hydrogen (secondary N) is 1. The third kappa shape index (κ3) is 4.84. The van der Waals surface area contributed by atoms with E-state index in [2.05, 4.69) is 24.9 Å². The lowest BCUT2D eigenvalue weighted by atomic mass is 9.84. The van der Waals surface area contributed by atoms with Gasteiger partial charge in [-0.1, -0.05) is 19.9 Å². The van der Waals surface area contributed by atoms with Crippen LogP contribution >= 0.6 is 0 Å². The molecule has 15 heteroatoms. The highest BCUT2D eigenvalue weighted by atomic mass is 19.4. The molecule has 1 amide bonds. The number of nitrogens with zero attached hydrogens (tertiary/aromatic N) is 3. The monoisotopic (exact) mass is 646 g/mol. The molecule has 4 aromatic rings. The quantitative estimate of drug-likeness (QED) is 0.249. The van der Waals surface area contributed by atoms with E-state index in [0.717, 1.165) is 18.9 Å². The number of pyridine rings is 1. The molecule has 0 spiro atoms. The Labute approximate surface area is 258 Å². The molecule has 0 bridgehead atoms. The van der Waals surface area contributed by atoms with Gasteiger partial charge in [-0.3, -0.25) is 9.48 Å². The Kier molecular flexibility index (Phi) is 6.47. The summed E-state index contributed by atoms with van der Waals surface area (Å²) in [5.41, 5.74) is -5.12. The highest BCUT2D eigenvalue weighted by molar-refractivity contribution is 6.00. The number of carbonyl (C=O) groups is 1. The highest BCUT2D eigenvalue weighted by Crippen LogP contribution is 2.52. The molecule has 0 radical (unpaired) electrons. The SMILES string of the molecule is COc1cc(C(=O)NC[C@](O)(c2cc3c(c(-c4cccc5c4OC(F)(F)O5)n2)OCC3(C)C)C(F)(F)F)cc2cn(C3CC3)nc12. The Hall–Kier alpha value is -4.66. The summed E-state index contributed by atoms with van der Waals surface area (Å²) in [5, 5.41) is 18.6. The fourth-order valence-corrected chi connectivity index (χ4v) is 5.64. The number of fused-ring (bicyclic) bond motifs is 3. The average Bonchev–Trinajstić information content (AvgIpc) is 3.56. The summed E-state index contributed by atoms with van der Waals surface area (Å²) < 4.78 is 94.6. The molecule has 242 valence electrons. The van der Waals surface area contributed by atoms with E-state index < -0.39 is 47.4 Å². The van der Waals surface area contributed by atoms with Crippen LogP contribution in [0.3, 0.4) is 0 Å². The summed E-state index contributed by atoms with van der Waals surface area (Å²) in [6, 6.07) is 7.99. The second-order valence-electron chi connectivity index (χ2n) is 12.2. The van der Waals surface area contributed by atoms with Gasteiger partial charge in [0.05, 0.1) is 37.6 Å². The molecular formula is C31H27F5N4O6. The predicted molar refractivity (Wildman–Crippen MR) is 151 cm³/mol. The van der Waals surface area contributed by atoms with E-state index in [1.807, 2.05) is 0 Å². The fourth-order valence-electron chi connectivity index (χ4n) is 5.64. The second kappa shape index (κ2) is 9.92. The van der Waals surface area contributed by atoms with Crippen LogP contribution in [0.15, 0.2) is 42.6 Å². The number of methoxy groups -OCH3 is 1. The minimum atomic E-state index is -5.35. The zero-order valence-corrected chi connectivity index (χ0v) is 24.7. The molecule has 7 rings (SSSR count). The van der Waals surface area contributed by atoms with Gasteiger partial charge in [0.25, 0.3) is 5.91 Å². The summed E-state index contributed by atoms with van der Waals surface area (Å²) in [6.07, 6.45) is -5.70. The number of amides is 1. The van der Waals surface area contributed by atoms with Crippen LogP contribution in [0.1, 0.15) is 54.3 Å². The molecule has 10 nitrogen and oxygen atoms in total. The van der Waals surface area contributed by atoms with E-state index in [-0.39, 0.29) is 52.3 Å². The summed E-state index contributed by atoms with van der Waals surface area (Å²) >= 11 is 0. The summed E-state index contributed by atoms with van der Waals surface area (Å²) in [6.45, 7) is 2.12. The molecule has 4 heterocycles. The Bertz CT molecular complexity index is 1900. The lowest BCUT2D eigenvalue weighted by Gasteiger charge is -2.31. The van der Waals surface area contributed by atoms with E-state index in [1.165, 1.54) is 37.4 Å². The summed E-state index contributed by atoms with van der Waals surface area (Å²) in [4.78, 5) is 17.4. The Morgan fingerprint density at radius 1 is 1.15 bits per heavy atom. The number of ether oxygens (including phenoxy) is 4. The number of para-hydroxylation sites is 1. The van der Waals surface area contributed by atoms with Crippen LogP contribution in [-0.4, -0.2) is 58.5 Å². The molecule has 2 aliphatic heterocycles. The lowest BCUT2D eigenvalue weighted by Crippen LogP contribution is -2.51. The van der Waals surface area contributed by atoms with Gasteiger partial charge < -0.3 is 29.4 Å². The molecule has 2 aromatic carbocycles. The zero-order valence-electron chi connectivity index (χ0n) is 24.7. The molecule has 0 unspecified atom stereocenters. The first-order valence-electron chi connectivity index (χ1n) is 14.3. The largest absolute Gasteiger partial charge is 0.586 e. The smallest absolute Gasteiger partial charge is 0.494 e. The number of hydrogen-bond acceptors (Lipinski definition) is 8. The minimum absolute atomic E-state index is 0.0146. The lowest BCUT2D eigenvalue weighted by molar-refractivity contribution is -0.286. The van der Waals surface area contributed by atoms with Crippen LogP contribution in [0.4, 0.5) is 22.0 Å². The van der Waals surface area contributed by atoms with Gasteiger partial charge >= 0.3 is 12.5 Å². The second-order valence-corrected chi connectivity index (χ2v) is 12.2. The van der Waals surface area contributed by atoms with E-state index in [1.54, 1.807) is 24.7 Å². The third-order valence-electron chi connectivity index (χ3n) is 8.35. The van der Waals surface area contributed by atoms with Gasteiger partial charge in [0.1, 0.15) is 22.7 Å². The number of halogens is 5. The predicted octanol–water partition coefficient (Wildman–Crippen LogP) is 5.61. The number of benzene rings is 2. The molecule has 1 saturated carbocycles. The Morgan fingerprint density at radius 2 is 1.91 bits per heavy atom. The molecule has 2 aromatic heterocycles. The number of rotatable bonds is 7. The molecule has 46 heavy (non-hydrogen) atoms. The van der Waals surface area contributed by atoms with Crippen molar-refractivity contribution < 1.29 is 50.8 Å². The van der Waals surface area contributed by atoms with Gasteiger partial charge in [0.2, 0.25) is 5.60 Å². The third-order valence-corrected chi connectivity index (χ3v) is 8.35. The Balaban J connectivity index is 1.28. The molecule has 1 aliphatic carbocycles. The van der Waals surface area contributed by atoms with Crippen molar-refractivity contribution >= 4 is 16.8 Å². The van der Waals surface area contributed by atoms with Gasteiger partial charge in [-0.2, -0.15) is 18.3 Å². The van der Waals surface area contributed by atoms with Crippen molar-refractivity contribution in [2.45, 2.75) is 56.2 Å². The number of hydrogen-bond donors (Lipinski definition) is 2. The standard InChI is InChI=1S/C31H27F5N4O6/c1-28(2)14-44-26-19(28)11-22(38-24(26)18-5-4-6-20-25(18)46-31(35,36)45-20)29(42,30(32,33)34)13-37-27(41)15-9-16-12-40(17-7-8-17)39-23(16)21(10-15)43-3/h4-6,9-12,17,42H,7-8,13-14H2,1-3H3,(H,37,41)/t29-/m0/s1. The molecular weight excluding hydrogens is 619 g/mol. The van der Waals surface area contributed by atoms with E-state index in [0.29, 0.717) is 10.9 Å². The Morgan fingerprint density at radius 3 is 2.61 bits per heavy atom. The van der Waals surface area contributed by atoms with Crippen molar-refractivity contribution in [1.29, 1.82) is 0 Å². The van der Waals surface area contributed by atoms with Crippen LogP contribution in [0.2, 0.25) is 0 Å². The fraction of sp³-hybridized carbons (Fsp3) is 0.387. The first kappa shape index (κ1) is 30.0. The molecule has 0 saturated heterocycles. The van der Waals surface area contributed by atoms with Crippen LogP contribution < -0.4 is 24.3 Å². The molecule has 1 atom stereocenters. The van der Waals surface area contributed by atoms with Gasteiger partial charge in [-0.15, -0.1) is 8.78 Å². The van der Waals surface area contributed by atoms with E-state index in [4.69, 9.17) is 9.47 Å². The van der Waals surface area contributed by atoms with Crippen molar-refractivity contribution in [3.8, 4) is 34.3 Å². The minimum Gasteiger partial charge on any atom is -0.494 e. The van der Waals surface area contributed by atoms with Crippen molar-refractivity contribution in [3.63, 3.8) is 0 Å². The van der Waals surface area contributed by atoms with Crippen LogP contribution in [-0.2, 0) is 11.0 Å². The highest BCUT2D eigenvalue weighted by Gasteiger charge is 2.57. The number of aromatic nitrogens is 3. The van der Waals surface area contributed by atoms with Crippen molar-refractivity contribution in [2.24, 2.45) is 0 Å². The molecule has 1 fully saturated rings. The summed E-state index contributed by atoms with van der Waals surface area (Å²) in [5.74, 6) is -1.42. The zero-order chi connectivity index (χ0) is 32.8.